The van der Waals surface area contributed by atoms with Crippen molar-refractivity contribution < 1.29 is 0 Å². The molecule has 0 aliphatic rings. The molecular weight excluding hydrogens is 443 g/mol. The molecule has 0 amide bonds. The monoisotopic (exact) mass is 454 g/mol. The van der Waals surface area contributed by atoms with Gasteiger partial charge in [0.05, 0.1) is 5.56 Å². The quantitative estimate of drug-likeness (QED) is 0.459. The van der Waals surface area contributed by atoms with Gasteiger partial charge < -0.3 is 10.3 Å². The Hall–Kier alpha value is -1.44. The summed E-state index contributed by atoms with van der Waals surface area (Å²) in [6, 6.07) is 13.2. The van der Waals surface area contributed by atoms with Crippen LogP contribution in [0.15, 0.2) is 53.5 Å². The van der Waals surface area contributed by atoms with Crippen LogP contribution in [0.1, 0.15) is 11.1 Å². The van der Waals surface area contributed by atoms with Crippen LogP contribution in [0.5, 0.6) is 0 Å². The molecule has 0 bridgehead atoms. The van der Waals surface area contributed by atoms with E-state index in [9.17, 15) is 4.79 Å². The Labute approximate surface area is 157 Å². The van der Waals surface area contributed by atoms with Crippen LogP contribution in [0.3, 0.4) is 0 Å². The summed E-state index contributed by atoms with van der Waals surface area (Å²) in [5, 5.41) is 4.46. The third-order valence-corrected chi connectivity index (χ3v) is 4.74. The summed E-state index contributed by atoms with van der Waals surface area (Å²) in [5.74, 6) is 0. The zero-order valence-electron chi connectivity index (χ0n) is 11.9. The minimum Gasteiger partial charge on any atom is -0.372 e. The molecule has 1 heterocycles. The van der Waals surface area contributed by atoms with Crippen molar-refractivity contribution in [3.8, 4) is 0 Å². The topological polar surface area (TPSA) is 44.9 Å². The molecule has 3 aromatic rings. The molecular formula is C17H12ClIN2OS. The molecule has 3 nitrogen and oxygen atoms in total. The molecule has 2 N–H and O–H groups in total. The van der Waals surface area contributed by atoms with E-state index < -0.39 is 0 Å². The first kappa shape index (κ1) is 16.4. The molecule has 0 radical (unpaired) electrons. The van der Waals surface area contributed by atoms with Gasteiger partial charge in [-0.25, -0.2) is 0 Å². The van der Waals surface area contributed by atoms with Gasteiger partial charge in [0.25, 0.3) is 0 Å². The largest absolute Gasteiger partial charge is 0.372 e. The highest BCUT2D eigenvalue weighted by Gasteiger charge is 2.10. The maximum absolute atomic E-state index is 12.6. The first-order valence-electron chi connectivity index (χ1n) is 6.88. The van der Waals surface area contributed by atoms with Crippen molar-refractivity contribution in [2.75, 3.05) is 0 Å². The maximum atomic E-state index is 12.6. The molecule has 1 aromatic heterocycles. The normalized spacial score (nSPS) is 10.7. The zero-order chi connectivity index (χ0) is 16.4. The van der Waals surface area contributed by atoms with Crippen molar-refractivity contribution in [1.82, 2.24) is 10.3 Å². The summed E-state index contributed by atoms with van der Waals surface area (Å²) in [6.45, 7) is 0.541. The average molecular weight is 455 g/mol. The summed E-state index contributed by atoms with van der Waals surface area (Å²) < 4.78 is 1.01. The van der Waals surface area contributed by atoms with Gasteiger partial charge >= 0.3 is 0 Å². The fraction of sp³-hybridized carbons (Fsp3) is 0.0588. The lowest BCUT2D eigenvalue weighted by atomic mass is 10.1. The Morgan fingerprint density at radius 3 is 2.70 bits per heavy atom. The number of nitrogens with one attached hydrogen (secondary N) is 2. The predicted molar refractivity (Wildman–Crippen MR) is 107 cm³/mol. The number of hydrogen-bond donors (Lipinski definition) is 2. The van der Waals surface area contributed by atoms with Crippen LogP contribution < -0.4 is 10.7 Å². The van der Waals surface area contributed by atoms with Gasteiger partial charge in [-0.3, -0.25) is 4.79 Å². The third-order valence-electron chi connectivity index (χ3n) is 3.45. The molecule has 3 rings (SSSR count). The fourth-order valence-electron chi connectivity index (χ4n) is 2.24. The molecule has 23 heavy (non-hydrogen) atoms. The van der Waals surface area contributed by atoms with Crippen molar-refractivity contribution >= 4 is 62.3 Å². The first-order valence-corrected chi connectivity index (χ1v) is 8.75. The smallest absolute Gasteiger partial charge is 0.199 e. The number of halogens is 2. The first-order chi connectivity index (χ1) is 11.0. The lowest BCUT2D eigenvalue weighted by Crippen LogP contribution is -2.27. The van der Waals surface area contributed by atoms with Crippen molar-refractivity contribution in [1.29, 1.82) is 0 Å². The number of H-pyrrole nitrogens is 1. The fourth-order valence-corrected chi connectivity index (χ4v) is 3.08. The summed E-state index contributed by atoms with van der Waals surface area (Å²) in [4.78, 5) is 16.2. The Balaban J connectivity index is 1.84. The van der Waals surface area contributed by atoms with Gasteiger partial charge in [0.1, 0.15) is 4.99 Å². The second kappa shape index (κ2) is 6.98. The highest BCUT2D eigenvalue weighted by Crippen LogP contribution is 2.13. The highest BCUT2D eigenvalue weighted by atomic mass is 127. The van der Waals surface area contributed by atoms with Crippen molar-refractivity contribution in [3.05, 3.63) is 78.6 Å². The van der Waals surface area contributed by atoms with E-state index in [0.717, 1.165) is 14.7 Å². The minimum atomic E-state index is -0.0640. The lowest BCUT2D eigenvalue weighted by Gasteiger charge is -2.09. The molecule has 0 saturated heterocycles. The number of pyridine rings is 1. The summed E-state index contributed by atoms with van der Waals surface area (Å²) in [6.07, 6.45) is 1.66. The minimum absolute atomic E-state index is 0.0640. The molecule has 0 saturated carbocycles. The third kappa shape index (κ3) is 3.73. The zero-order valence-corrected chi connectivity index (χ0v) is 15.6. The molecule has 0 spiro atoms. The second-order valence-electron chi connectivity index (χ2n) is 5.03. The van der Waals surface area contributed by atoms with E-state index >= 15 is 0 Å². The van der Waals surface area contributed by atoms with E-state index in [1.807, 2.05) is 42.5 Å². The molecule has 0 unspecified atom stereocenters. The number of fused-ring (bicyclic) bond motifs is 1. The second-order valence-corrected chi connectivity index (χ2v) is 7.12. The average Bonchev–Trinajstić information content (AvgIpc) is 2.55. The van der Waals surface area contributed by atoms with Crippen LogP contribution in [0.2, 0.25) is 5.02 Å². The highest BCUT2D eigenvalue weighted by molar-refractivity contribution is 14.1. The van der Waals surface area contributed by atoms with Crippen LogP contribution in [-0.2, 0) is 6.54 Å². The summed E-state index contributed by atoms with van der Waals surface area (Å²) in [5.41, 5.74) is 2.26. The van der Waals surface area contributed by atoms with Gasteiger partial charge in [-0.15, -0.1) is 0 Å². The molecule has 116 valence electrons. The number of hydrogen-bond acceptors (Lipinski definition) is 2. The molecule has 0 aliphatic heterocycles. The predicted octanol–water partition coefficient (Wildman–Crippen LogP) is 4.25. The molecule has 6 heteroatoms. The summed E-state index contributed by atoms with van der Waals surface area (Å²) >= 11 is 13.4. The van der Waals surface area contributed by atoms with E-state index in [0.29, 0.717) is 27.5 Å². The van der Waals surface area contributed by atoms with Gasteiger partial charge in [0.2, 0.25) is 0 Å². The van der Waals surface area contributed by atoms with Crippen LogP contribution in [0.4, 0.5) is 0 Å². The van der Waals surface area contributed by atoms with E-state index in [1.165, 1.54) is 0 Å². The van der Waals surface area contributed by atoms with Crippen LogP contribution in [0.25, 0.3) is 10.9 Å². The van der Waals surface area contributed by atoms with Gasteiger partial charge in [-0.2, -0.15) is 0 Å². The van der Waals surface area contributed by atoms with Crippen LogP contribution in [0, 0.1) is 3.57 Å². The van der Waals surface area contributed by atoms with Gasteiger partial charge in [-0.05, 0) is 58.5 Å². The Morgan fingerprint density at radius 1 is 1.22 bits per heavy atom. The Kier molecular flexibility index (Phi) is 4.99. The van der Waals surface area contributed by atoms with E-state index in [4.69, 9.17) is 23.8 Å². The van der Waals surface area contributed by atoms with Gasteiger partial charge in [0.15, 0.2) is 5.43 Å². The number of benzene rings is 2. The maximum Gasteiger partial charge on any atom is 0.199 e. The van der Waals surface area contributed by atoms with Gasteiger partial charge in [-0.1, -0.05) is 36.0 Å². The molecule has 2 aromatic carbocycles. The molecule has 0 aliphatic carbocycles. The molecule has 0 fully saturated rings. The van der Waals surface area contributed by atoms with Crippen molar-refractivity contribution in [2.24, 2.45) is 0 Å². The van der Waals surface area contributed by atoms with Crippen LogP contribution in [-0.4, -0.2) is 9.97 Å². The summed E-state index contributed by atoms with van der Waals surface area (Å²) in [7, 11) is 0. The van der Waals surface area contributed by atoms with Crippen molar-refractivity contribution in [3.63, 3.8) is 0 Å². The van der Waals surface area contributed by atoms with E-state index in [2.05, 4.69) is 32.9 Å². The van der Waals surface area contributed by atoms with Crippen LogP contribution >= 0.6 is 46.4 Å². The lowest BCUT2D eigenvalue weighted by molar-refractivity contribution is 0.927. The van der Waals surface area contributed by atoms with E-state index in [-0.39, 0.29) is 5.43 Å². The standard InChI is InChI=1S/C17H12ClIN2OS/c18-11-3-1-10(2-4-11)8-21-17(23)14-9-20-15-6-5-12(19)7-13(15)16(14)22/h1-7,9H,8H2,(H,20,22)(H,21,23). The molecule has 0 atom stereocenters. The van der Waals surface area contributed by atoms with E-state index in [1.54, 1.807) is 6.20 Å². The number of thiocarbonyl (C=S) groups is 1. The Bertz CT molecular complexity index is 937. The Morgan fingerprint density at radius 2 is 1.96 bits per heavy atom. The van der Waals surface area contributed by atoms with Gasteiger partial charge in [0, 0.05) is 32.2 Å². The number of aromatic amines is 1. The SMILES string of the molecule is O=c1c(C(=S)NCc2ccc(Cl)cc2)c[nH]c2ccc(I)cc12. The van der Waals surface area contributed by atoms with Crippen molar-refractivity contribution in [2.45, 2.75) is 6.54 Å². The number of rotatable bonds is 3. The number of aromatic nitrogens is 1.